The first-order valence-corrected chi connectivity index (χ1v) is 6.61. The van der Waals surface area contributed by atoms with Crippen LogP contribution in [0.25, 0.3) is 0 Å². The minimum Gasteiger partial charge on any atom is -0.463 e. The largest absolute Gasteiger partial charge is 0.463 e. The molecule has 1 heterocycles. The van der Waals surface area contributed by atoms with Crippen molar-refractivity contribution in [1.82, 2.24) is 0 Å². The average Bonchev–Trinajstić information content (AvgIpc) is 2.27. The van der Waals surface area contributed by atoms with Crippen LogP contribution < -0.4 is 0 Å². The number of carbonyl (C=O) groups excluding carboxylic acids is 1. The highest BCUT2D eigenvalue weighted by Crippen LogP contribution is 2.21. The number of hydrogen-bond acceptors (Lipinski definition) is 4. The van der Waals surface area contributed by atoms with Crippen LogP contribution in [-0.4, -0.2) is 32.0 Å². The van der Waals surface area contributed by atoms with Crippen molar-refractivity contribution in [2.24, 2.45) is 5.92 Å². The number of rotatable bonds is 3. The highest BCUT2D eigenvalue weighted by atomic mass is 32.2. The topological polar surface area (TPSA) is 60.4 Å². The van der Waals surface area contributed by atoms with Crippen LogP contribution >= 0.6 is 0 Å². The normalized spacial score (nSPS) is 25.2. The number of ether oxygens (including phenoxy) is 1. The van der Waals surface area contributed by atoms with Crippen LogP contribution in [0.4, 0.5) is 0 Å². The Labute approximate surface area is 84.6 Å². The van der Waals surface area contributed by atoms with Crippen molar-refractivity contribution >= 4 is 15.8 Å². The van der Waals surface area contributed by atoms with E-state index in [1.807, 2.05) is 0 Å². The quantitative estimate of drug-likeness (QED) is 0.659. The Balaban J connectivity index is 2.36. The van der Waals surface area contributed by atoms with Gasteiger partial charge in [-0.05, 0) is 26.2 Å². The smallest absolute Gasteiger partial charge is 0.306 e. The zero-order valence-corrected chi connectivity index (χ0v) is 9.34. The summed E-state index contributed by atoms with van der Waals surface area (Å²) in [6.45, 7) is 3.56. The van der Waals surface area contributed by atoms with Gasteiger partial charge in [0.25, 0.3) is 0 Å². The van der Waals surface area contributed by atoms with E-state index in [0.717, 1.165) is 0 Å². The van der Waals surface area contributed by atoms with Crippen LogP contribution in [0.5, 0.6) is 0 Å². The van der Waals surface area contributed by atoms with Crippen LogP contribution in [0.15, 0.2) is 0 Å². The minimum atomic E-state index is -2.88. The SMILES string of the molecule is CC(C)OC(=O)CC1CCS(=O)(=O)C1. The van der Waals surface area contributed by atoms with E-state index in [4.69, 9.17) is 4.74 Å². The Hall–Kier alpha value is -0.580. The van der Waals surface area contributed by atoms with Crippen molar-refractivity contribution in [3.8, 4) is 0 Å². The van der Waals surface area contributed by atoms with Crippen molar-refractivity contribution in [2.75, 3.05) is 11.5 Å². The molecule has 0 aromatic rings. The molecule has 0 radical (unpaired) electrons. The number of hydrogen-bond donors (Lipinski definition) is 0. The van der Waals surface area contributed by atoms with Crippen LogP contribution in [-0.2, 0) is 19.4 Å². The Kier molecular flexibility index (Phi) is 3.53. The molecular formula is C9H16O4S. The lowest BCUT2D eigenvalue weighted by Crippen LogP contribution is -2.16. The molecule has 14 heavy (non-hydrogen) atoms. The first-order valence-electron chi connectivity index (χ1n) is 4.79. The molecule has 1 atom stereocenters. The molecule has 0 aliphatic carbocycles. The van der Waals surface area contributed by atoms with Gasteiger partial charge in [0.05, 0.1) is 17.6 Å². The lowest BCUT2D eigenvalue weighted by molar-refractivity contribution is -0.148. The predicted molar refractivity (Wildman–Crippen MR) is 52.6 cm³/mol. The highest BCUT2D eigenvalue weighted by Gasteiger charge is 2.29. The summed E-state index contributed by atoms with van der Waals surface area (Å²) < 4.78 is 27.1. The van der Waals surface area contributed by atoms with Crippen molar-refractivity contribution in [3.05, 3.63) is 0 Å². The third-order valence-corrected chi connectivity index (χ3v) is 3.99. The summed E-state index contributed by atoms with van der Waals surface area (Å²) in [5, 5.41) is 0. The van der Waals surface area contributed by atoms with Crippen molar-refractivity contribution in [1.29, 1.82) is 0 Å². The van der Waals surface area contributed by atoms with E-state index in [1.165, 1.54) is 0 Å². The monoisotopic (exact) mass is 220 g/mol. The molecule has 1 unspecified atom stereocenters. The fraction of sp³-hybridized carbons (Fsp3) is 0.889. The van der Waals surface area contributed by atoms with Crippen molar-refractivity contribution < 1.29 is 17.9 Å². The molecule has 0 aromatic carbocycles. The number of esters is 1. The van der Waals surface area contributed by atoms with Gasteiger partial charge in [-0.1, -0.05) is 0 Å². The second-order valence-corrected chi connectivity index (χ2v) is 6.24. The molecule has 82 valence electrons. The molecule has 1 aliphatic heterocycles. The molecule has 0 amide bonds. The summed E-state index contributed by atoms with van der Waals surface area (Å²) in [7, 11) is -2.88. The van der Waals surface area contributed by atoms with Gasteiger partial charge < -0.3 is 4.74 Å². The molecule has 4 nitrogen and oxygen atoms in total. The summed E-state index contributed by atoms with van der Waals surface area (Å²) in [4.78, 5) is 11.2. The van der Waals surface area contributed by atoms with Gasteiger partial charge in [0.15, 0.2) is 9.84 Å². The number of carbonyl (C=O) groups is 1. The van der Waals surface area contributed by atoms with Gasteiger partial charge in [-0.2, -0.15) is 0 Å². The molecule has 1 aliphatic rings. The molecular weight excluding hydrogens is 204 g/mol. The van der Waals surface area contributed by atoms with E-state index in [1.54, 1.807) is 13.8 Å². The fourth-order valence-electron chi connectivity index (χ4n) is 1.58. The number of sulfone groups is 1. The first kappa shape index (κ1) is 11.5. The minimum absolute atomic E-state index is 0.0359. The summed E-state index contributed by atoms with van der Waals surface area (Å²) in [6, 6.07) is 0. The Morgan fingerprint density at radius 2 is 2.14 bits per heavy atom. The molecule has 1 rings (SSSR count). The third-order valence-electron chi connectivity index (χ3n) is 2.15. The second-order valence-electron chi connectivity index (χ2n) is 4.01. The summed E-state index contributed by atoms with van der Waals surface area (Å²) in [5.74, 6) is 0.0284. The van der Waals surface area contributed by atoms with Crippen LogP contribution in [0.2, 0.25) is 0 Å². The summed E-state index contributed by atoms with van der Waals surface area (Å²) in [5.41, 5.74) is 0. The maximum absolute atomic E-state index is 11.2. The Morgan fingerprint density at radius 1 is 1.50 bits per heavy atom. The molecule has 1 saturated heterocycles. The van der Waals surface area contributed by atoms with E-state index >= 15 is 0 Å². The first-order chi connectivity index (χ1) is 6.39. The van der Waals surface area contributed by atoms with Crippen LogP contribution in [0.3, 0.4) is 0 Å². The predicted octanol–water partition coefficient (Wildman–Crippen LogP) is 0.763. The standard InChI is InChI=1S/C9H16O4S/c1-7(2)13-9(10)5-8-3-4-14(11,12)6-8/h7-8H,3-6H2,1-2H3. The maximum Gasteiger partial charge on any atom is 0.306 e. The van der Waals surface area contributed by atoms with Crippen LogP contribution in [0.1, 0.15) is 26.7 Å². The lowest BCUT2D eigenvalue weighted by Gasteiger charge is -2.10. The maximum atomic E-state index is 11.2. The average molecular weight is 220 g/mol. The van der Waals surface area contributed by atoms with E-state index in [9.17, 15) is 13.2 Å². The zero-order chi connectivity index (χ0) is 10.8. The van der Waals surface area contributed by atoms with Gasteiger partial charge in [0.1, 0.15) is 0 Å². The van der Waals surface area contributed by atoms with Gasteiger partial charge in [-0.25, -0.2) is 8.42 Å². The Morgan fingerprint density at radius 3 is 2.57 bits per heavy atom. The van der Waals surface area contributed by atoms with Gasteiger partial charge in [0, 0.05) is 6.42 Å². The summed E-state index contributed by atoms with van der Waals surface area (Å²) >= 11 is 0. The van der Waals surface area contributed by atoms with Gasteiger partial charge >= 0.3 is 5.97 Å². The van der Waals surface area contributed by atoms with E-state index in [-0.39, 0.29) is 35.9 Å². The lowest BCUT2D eigenvalue weighted by atomic mass is 10.1. The van der Waals surface area contributed by atoms with E-state index < -0.39 is 9.84 Å². The Bertz CT molecular complexity index is 305. The molecule has 5 heteroatoms. The van der Waals surface area contributed by atoms with Gasteiger partial charge in [0.2, 0.25) is 0 Å². The molecule has 0 N–H and O–H groups in total. The molecule has 0 aromatic heterocycles. The zero-order valence-electron chi connectivity index (χ0n) is 8.52. The molecule has 0 bridgehead atoms. The van der Waals surface area contributed by atoms with E-state index in [2.05, 4.69) is 0 Å². The molecule has 1 fully saturated rings. The summed E-state index contributed by atoms with van der Waals surface area (Å²) in [6.07, 6.45) is 0.702. The van der Waals surface area contributed by atoms with Crippen LogP contribution in [0, 0.1) is 5.92 Å². The van der Waals surface area contributed by atoms with Gasteiger partial charge in [-0.3, -0.25) is 4.79 Å². The second kappa shape index (κ2) is 4.29. The van der Waals surface area contributed by atoms with Crippen molar-refractivity contribution in [3.63, 3.8) is 0 Å². The highest BCUT2D eigenvalue weighted by molar-refractivity contribution is 7.91. The van der Waals surface area contributed by atoms with Gasteiger partial charge in [-0.15, -0.1) is 0 Å². The fourth-order valence-corrected chi connectivity index (χ4v) is 3.44. The van der Waals surface area contributed by atoms with Crippen molar-refractivity contribution in [2.45, 2.75) is 32.8 Å². The third kappa shape index (κ3) is 3.65. The molecule has 0 spiro atoms. The molecule has 0 saturated carbocycles. The van der Waals surface area contributed by atoms with E-state index in [0.29, 0.717) is 6.42 Å².